The molecule has 4 rings (SSSR count). The minimum absolute atomic E-state index is 0.0462. The number of carbonyl (C=O) groups excluding carboxylic acids is 1. The Morgan fingerprint density at radius 2 is 1.74 bits per heavy atom. The Morgan fingerprint density at radius 3 is 2.34 bits per heavy atom. The van der Waals surface area contributed by atoms with E-state index in [1.54, 1.807) is 12.1 Å². The number of imidazole rings is 1. The summed E-state index contributed by atoms with van der Waals surface area (Å²) in [6, 6.07) is 13.4. The van der Waals surface area contributed by atoms with Crippen LogP contribution in [0, 0.1) is 17.6 Å². The predicted octanol–water partition coefficient (Wildman–Crippen LogP) is 5.56. The van der Waals surface area contributed by atoms with E-state index in [9.17, 15) is 27.3 Å². The van der Waals surface area contributed by atoms with Gasteiger partial charge in [-0.05, 0) is 50.2 Å². The van der Waals surface area contributed by atoms with E-state index < -0.39 is 29.9 Å². The summed E-state index contributed by atoms with van der Waals surface area (Å²) in [5.41, 5.74) is 0.0155. The molecule has 0 bridgehead atoms. The van der Waals surface area contributed by atoms with Gasteiger partial charge in [-0.3, -0.25) is 4.79 Å². The third kappa shape index (κ3) is 4.89. The van der Waals surface area contributed by atoms with Gasteiger partial charge in [0.25, 0.3) is 0 Å². The molecule has 0 radical (unpaired) electrons. The van der Waals surface area contributed by atoms with Gasteiger partial charge in [-0.15, -0.1) is 4.91 Å². The van der Waals surface area contributed by atoms with Crippen molar-refractivity contribution < 1.29 is 22.4 Å². The van der Waals surface area contributed by atoms with E-state index in [0.717, 1.165) is 11.3 Å². The van der Waals surface area contributed by atoms with Crippen molar-refractivity contribution in [1.29, 1.82) is 0 Å². The van der Waals surface area contributed by atoms with Crippen LogP contribution in [0.25, 0.3) is 11.3 Å². The van der Waals surface area contributed by atoms with Crippen LogP contribution in [0.5, 0.6) is 0 Å². The fourth-order valence-electron chi connectivity index (χ4n) is 3.84. The molecule has 1 aliphatic heterocycles. The maximum absolute atomic E-state index is 13.5. The molecule has 35 heavy (non-hydrogen) atoms. The van der Waals surface area contributed by atoms with Crippen LogP contribution in [0.2, 0.25) is 0 Å². The normalized spacial score (nSPS) is 15.3. The first-order valence-corrected chi connectivity index (χ1v) is 10.9. The fourth-order valence-corrected chi connectivity index (χ4v) is 3.84. The number of nitrogens with one attached hydrogen (secondary N) is 1. The molecule has 0 spiro atoms. The summed E-state index contributed by atoms with van der Waals surface area (Å²) in [5, 5.41) is 5.53. The lowest BCUT2D eigenvalue weighted by Gasteiger charge is -2.31. The lowest BCUT2D eigenvalue weighted by atomic mass is 9.97. The minimum Gasteiger partial charge on any atom is -0.340 e. The molecule has 1 N–H and O–H groups in total. The number of halogens is 4. The lowest BCUT2D eigenvalue weighted by molar-refractivity contribution is -0.186. The zero-order valence-electron chi connectivity index (χ0n) is 19.1. The number of nitroso groups, excluding NO2 is 1. The number of anilines is 2. The van der Waals surface area contributed by atoms with E-state index in [1.807, 2.05) is 35.8 Å². The van der Waals surface area contributed by atoms with Crippen LogP contribution in [-0.4, -0.2) is 38.6 Å². The fraction of sp³-hybridized carbons (Fsp3) is 0.333. The number of hydrogen-bond donors (Lipinski definition) is 1. The van der Waals surface area contributed by atoms with E-state index in [-0.39, 0.29) is 19.6 Å². The van der Waals surface area contributed by atoms with Crippen LogP contribution in [-0.2, 0) is 17.9 Å². The molecule has 2 aromatic carbocycles. The molecule has 1 unspecified atom stereocenters. The van der Waals surface area contributed by atoms with Gasteiger partial charge in [-0.1, -0.05) is 22.9 Å². The third-order valence-corrected chi connectivity index (χ3v) is 6.06. The highest BCUT2D eigenvalue weighted by Gasteiger charge is 2.55. The maximum Gasteiger partial charge on any atom is 0.417 e. The standard InChI is InChI=1S/C24H23F4N5O2/c1-15-3-9-18(10-4-15)29-22-21(16-5-7-17(25)8-6-16)30-19-14-32(11-12-33(19)22)20(34)13-23(2,31-35)24(26,27)28/h3-10,29H,11-14H2,1-2H3. The summed E-state index contributed by atoms with van der Waals surface area (Å²) in [6.07, 6.45) is -6.03. The van der Waals surface area contributed by atoms with Crippen LogP contribution in [0.3, 0.4) is 0 Å². The molecule has 184 valence electrons. The number of aromatic nitrogens is 2. The van der Waals surface area contributed by atoms with Gasteiger partial charge in [0, 0.05) is 24.3 Å². The molecular weight excluding hydrogens is 466 g/mol. The molecule has 11 heteroatoms. The number of rotatable bonds is 6. The van der Waals surface area contributed by atoms with Crippen LogP contribution in [0.1, 0.15) is 24.7 Å². The van der Waals surface area contributed by atoms with Crippen molar-refractivity contribution in [2.75, 3.05) is 11.9 Å². The largest absolute Gasteiger partial charge is 0.417 e. The van der Waals surface area contributed by atoms with Crippen molar-refractivity contribution in [3.05, 3.63) is 70.6 Å². The second-order valence-corrected chi connectivity index (χ2v) is 8.73. The van der Waals surface area contributed by atoms with E-state index in [0.29, 0.717) is 29.8 Å². The van der Waals surface area contributed by atoms with Crippen molar-refractivity contribution in [1.82, 2.24) is 14.5 Å². The molecule has 7 nitrogen and oxygen atoms in total. The predicted molar refractivity (Wildman–Crippen MR) is 122 cm³/mol. The van der Waals surface area contributed by atoms with Crippen LogP contribution in [0.15, 0.2) is 53.7 Å². The smallest absolute Gasteiger partial charge is 0.340 e. The molecule has 1 amide bonds. The number of amides is 1. The Bertz CT molecular complexity index is 1240. The van der Waals surface area contributed by atoms with Gasteiger partial charge in [0.05, 0.1) is 13.0 Å². The zero-order valence-corrected chi connectivity index (χ0v) is 19.1. The Hall–Kier alpha value is -3.76. The summed E-state index contributed by atoms with van der Waals surface area (Å²) >= 11 is 0. The van der Waals surface area contributed by atoms with Gasteiger partial charge in [-0.2, -0.15) is 13.2 Å². The first kappa shape index (κ1) is 24.4. The maximum atomic E-state index is 13.5. The van der Waals surface area contributed by atoms with Gasteiger partial charge in [0.1, 0.15) is 23.2 Å². The van der Waals surface area contributed by atoms with Crippen molar-refractivity contribution in [3.8, 4) is 11.3 Å². The summed E-state index contributed by atoms with van der Waals surface area (Å²) in [5.74, 6) is -0.169. The van der Waals surface area contributed by atoms with Gasteiger partial charge in [-0.25, -0.2) is 9.37 Å². The molecule has 0 saturated carbocycles. The lowest BCUT2D eigenvalue weighted by Crippen LogP contribution is -2.47. The van der Waals surface area contributed by atoms with Crippen LogP contribution >= 0.6 is 0 Å². The Balaban J connectivity index is 1.66. The average molecular weight is 489 g/mol. The van der Waals surface area contributed by atoms with Crippen molar-refractivity contribution in [2.24, 2.45) is 5.18 Å². The number of alkyl halides is 3. The minimum atomic E-state index is -4.94. The molecule has 3 aromatic rings. The molecule has 1 aromatic heterocycles. The quantitative estimate of drug-likeness (QED) is 0.363. The van der Waals surface area contributed by atoms with Crippen LogP contribution < -0.4 is 5.32 Å². The SMILES string of the molecule is Cc1ccc(Nc2c(-c3ccc(F)cc3)nc3n2CCN(C(=O)CC(C)(N=O)C(F)(F)F)C3)cc1. The van der Waals surface area contributed by atoms with Crippen molar-refractivity contribution in [2.45, 2.75) is 45.1 Å². The summed E-state index contributed by atoms with van der Waals surface area (Å²) < 4.78 is 55.1. The summed E-state index contributed by atoms with van der Waals surface area (Å²) in [6.45, 7) is 2.92. The molecule has 0 fully saturated rings. The first-order valence-electron chi connectivity index (χ1n) is 10.9. The van der Waals surface area contributed by atoms with Gasteiger partial charge < -0.3 is 14.8 Å². The third-order valence-electron chi connectivity index (χ3n) is 6.06. The van der Waals surface area contributed by atoms with E-state index >= 15 is 0 Å². The number of carbonyl (C=O) groups is 1. The van der Waals surface area contributed by atoms with E-state index in [1.165, 1.54) is 17.0 Å². The Kier molecular flexibility index (Phi) is 6.35. The second kappa shape index (κ2) is 9.12. The number of hydrogen-bond acceptors (Lipinski definition) is 5. The average Bonchev–Trinajstić information content (AvgIpc) is 3.17. The van der Waals surface area contributed by atoms with Gasteiger partial charge >= 0.3 is 6.18 Å². The molecule has 0 aliphatic carbocycles. The van der Waals surface area contributed by atoms with Crippen LogP contribution in [0.4, 0.5) is 29.1 Å². The first-order chi connectivity index (χ1) is 16.5. The molecule has 0 saturated heterocycles. The summed E-state index contributed by atoms with van der Waals surface area (Å²) in [7, 11) is 0. The van der Waals surface area contributed by atoms with E-state index in [2.05, 4.69) is 15.5 Å². The number of benzene rings is 2. The zero-order chi connectivity index (χ0) is 25.4. The molecule has 1 atom stereocenters. The monoisotopic (exact) mass is 489 g/mol. The number of fused-ring (bicyclic) bond motifs is 1. The van der Waals surface area contributed by atoms with Crippen molar-refractivity contribution in [3.63, 3.8) is 0 Å². The number of aryl methyl sites for hydroxylation is 1. The number of nitrogens with zero attached hydrogens (tertiary/aromatic N) is 4. The highest BCUT2D eigenvalue weighted by Crippen LogP contribution is 2.38. The highest BCUT2D eigenvalue weighted by atomic mass is 19.4. The molecular formula is C24H23F4N5O2. The summed E-state index contributed by atoms with van der Waals surface area (Å²) in [4.78, 5) is 29.5. The molecule has 2 heterocycles. The highest BCUT2D eigenvalue weighted by molar-refractivity contribution is 5.79. The topological polar surface area (TPSA) is 79.6 Å². The van der Waals surface area contributed by atoms with E-state index in [4.69, 9.17) is 0 Å². The Labute approximate surface area is 198 Å². The van der Waals surface area contributed by atoms with Crippen molar-refractivity contribution >= 4 is 17.4 Å². The molecule has 1 aliphatic rings. The van der Waals surface area contributed by atoms with Gasteiger partial charge in [0.2, 0.25) is 11.4 Å². The Morgan fingerprint density at radius 1 is 1.09 bits per heavy atom. The second-order valence-electron chi connectivity index (χ2n) is 8.73. The van der Waals surface area contributed by atoms with Gasteiger partial charge in [0.15, 0.2) is 0 Å².